The van der Waals surface area contributed by atoms with Crippen LogP contribution in [-0.4, -0.2) is 69.4 Å². The van der Waals surface area contributed by atoms with E-state index in [0.29, 0.717) is 55.5 Å². The van der Waals surface area contributed by atoms with Gasteiger partial charge in [0.2, 0.25) is 0 Å². The van der Waals surface area contributed by atoms with Crippen molar-refractivity contribution in [2.75, 3.05) is 32.8 Å². The second-order valence-corrected chi connectivity index (χ2v) is 8.55. The molecule has 1 aromatic carbocycles. The highest BCUT2D eigenvalue weighted by atomic mass is 16.5. The molecule has 5 rings (SSSR count). The predicted octanol–water partition coefficient (Wildman–Crippen LogP) is 3.17. The number of ether oxygens (including phenoxy) is 1. The predicted molar refractivity (Wildman–Crippen MR) is 123 cm³/mol. The fourth-order valence-corrected chi connectivity index (χ4v) is 4.61. The van der Waals surface area contributed by atoms with Gasteiger partial charge in [0, 0.05) is 43.0 Å². The molecule has 2 aliphatic heterocycles. The lowest BCUT2D eigenvalue weighted by atomic mass is 9.99. The Morgan fingerprint density at radius 1 is 1.03 bits per heavy atom. The molecule has 4 heterocycles. The maximum absolute atomic E-state index is 13.5. The summed E-state index contributed by atoms with van der Waals surface area (Å²) in [4.78, 5) is 43.6. The third kappa shape index (κ3) is 4.30. The standard InChI is InChI=1S/C25H27N5O3/c1-17-20(25(32)29-11-13-33-14-12-29)16-27-23(28-17)22-6-2-3-10-30(22)24(31)19-7-8-21-18(15-19)5-4-9-26-21/h4-5,7-9,15-16,22H,2-3,6,10-14H2,1H3/t22-/m0/s1. The first-order chi connectivity index (χ1) is 16.1. The summed E-state index contributed by atoms with van der Waals surface area (Å²) < 4.78 is 5.34. The number of hydrogen-bond acceptors (Lipinski definition) is 6. The molecule has 2 amide bonds. The largest absolute Gasteiger partial charge is 0.378 e. The van der Waals surface area contributed by atoms with Crippen molar-refractivity contribution in [1.82, 2.24) is 24.8 Å². The topological polar surface area (TPSA) is 88.5 Å². The van der Waals surface area contributed by atoms with Crippen LogP contribution >= 0.6 is 0 Å². The minimum Gasteiger partial charge on any atom is -0.378 e. The maximum Gasteiger partial charge on any atom is 0.257 e. The lowest BCUT2D eigenvalue weighted by Gasteiger charge is -2.35. The lowest BCUT2D eigenvalue weighted by Crippen LogP contribution is -2.41. The molecule has 3 aromatic rings. The summed E-state index contributed by atoms with van der Waals surface area (Å²) in [6, 6.07) is 9.24. The van der Waals surface area contributed by atoms with Crippen LogP contribution in [0, 0.1) is 6.92 Å². The van der Waals surface area contributed by atoms with E-state index in [9.17, 15) is 9.59 Å². The van der Waals surface area contributed by atoms with Crippen LogP contribution in [0.1, 0.15) is 57.5 Å². The maximum atomic E-state index is 13.5. The van der Waals surface area contributed by atoms with Crippen molar-refractivity contribution in [2.24, 2.45) is 0 Å². The van der Waals surface area contributed by atoms with Crippen LogP contribution < -0.4 is 0 Å². The van der Waals surface area contributed by atoms with E-state index in [2.05, 4.69) is 9.97 Å². The third-order valence-corrected chi connectivity index (χ3v) is 6.44. The number of likely N-dealkylation sites (tertiary alicyclic amines) is 1. The van der Waals surface area contributed by atoms with Gasteiger partial charge in [0.25, 0.3) is 11.8 Å². The van der Waals surface area contributed by atoms with Crippen LogP contribution in [0.2, 0.25) is 0 Å². The van der Waals surface area contributed by atoms with Crippen LogP contribution in [-0.2, 0) is 4.74 Å². The van der Waals surface area contributed by atoms with Gasteiger partial charge in [-0.3, -0.25) is 14.6 Å². The molecule has 2 aromatic heterocycles. The summed E-state index contributed by atoms with van der Waals surface area (Å²) in [5, 5.41) is 0.940. The van der Waals surface area contributed by atoms with Crippen LogP contribution in [0.15, 0.2) is 42.7 Å². The van der Waals surface area contributed by atoms with Crippen LogP contribution in [0.25, 0.3) is 10.9 Å². The quantitative estimate of drug-likeness (QED) is 0.615. The number of nitrogens with zero attached hydrogens (tertiary/aromatic N) is 5. The summed E-state index contributed by atoms with van der Waals surface area (Å²) in [5.41, 5.74) is 2.66. The first-order valence-corrected chi connectivity index (χ1v) is 11.5. The number of hydrogen-bond donors (Lipinski definition) is 0. The molecule has 33 heavy (non-hydrogen) atoms. The monoisotopic (exact) mass is 445 g/mol. The van der Waals surface area contributed by atoms with Crippen molar-refractivity contribution >= 4 is 22.7 Å². The second kappa shape index (κ2) is 9.23. The molecule has 0 aliphatic carbocycles. The number of aromatic nitrogens is 3. The molecular formula is C25H27N5O3. The highest BCUT2D eigenvalue weighted by Crippen LogP contribution is 2.31. The van der Waals surface area contributed by atoms with Gasteiger partial charge in [0.05, 0.1) is 36.0 Å². The zero-order valence-corrected chi connectivity index (χ0v) is 18.7. The Bertz CT molecular complexity index is 1190. The van der Waals surface area contributed by atoms with E-state index >= 15 is 0 Å². The van der Waals surface area contributed by atoms with Crippen molar-refractivity contribution in [2.45, 2.75) is 32.2 Å². The van der Waals surface area contributed by atoms with E-state index < -0.39 is 0 Å². The second-order valence-electron chi connectivity index (χ2n) is 8.55. The molecule has 170 valence electrons. The van der Waals surface area contributed by atoms with E-state index in [4.69, 9.17) is 9.72 Å². The summed E-state index contributed by atoms with van der Waals surface area (Å²) in [6.45, 7) is 4.75. The number of pyridine rings is 1. The van der Waals surface area contributed by atoms with Crippen molar-refractivity contribution in [3.05, 3.63) is 65.4 Å². The summed E-state index contributed by atoms with van der Waals surface area (Å²) in [6.07, 6.45) is 6.13. The highest BCUT2D eigenvalue weighted by Gasteiger charge is 2.31. The molecule has 2 aliphatic rings. The highest BCUT2D eigenvalue weighted by molar-refractivity contribution is 5.98. The van der Waals surface area contributed by atoms with Gasteiger partial charge in [-0.1, -0.05) is 6.07 Å². The molecule has 0 unspecified atom stereocenters. The van der Waals surface area contributed by atoms with Gasteiger partial charge in [-0.25, -0.2) is 9.97 Å². The smallest absolute Gasteiger partial charge is 0.257 e. The van der Waals surface area contributed by atoms with Gasteiger partial charge in [-0.05, 0) is 50.5 Å². The molecule has 0 radical (unpaired) electrons. The molecule has 1 atom stereocenters. The van der Waals surface area contributed by atoms with Crippen molar-refractivity contribution < 1.29 is 14.3 Å². The zero-order valence-electron chi connectivity index (χ0n) is 18.7. The van der Waals surface area contributed by atoms with Crippen LogP contribution in [0.3, 0.4) is 0 Å². The minimum absolute atomic E-state index is 0.0276. The Morgan fingerprint density at radius 2 is 1.88 bits per heavy atom. The van der Waals surface area contributed by atoms with E-state index in [0.717, 1.165) is 30.2 Å². The molecule has 0 bridgehead atoms. The summed E-state index contributed by atoms with van der Waals surface area (Å²) in [5.74, 6) is 0.505. The minimum atomic E-state index is -0.206. The fourth-order valence-electron chi connectivity index (χ4n) is 4.61. The normalized spacial score (nSPS) is 19.0. The number of piperidine rings is 1. The molecule has 0 spiro atoms. The Kier molecular flexibility index (Phi) is 6.00. The molecule has 0 N–H and O–H groups in total. The van der Waals surface area contributed by atoms with Gasteiger partial charge in [0.15, 0.2) is 5.82 Å². The van der Waals surface area contributed by atoms with Gasteiger partial charge < -0.3 is 14.5 Å². The fraction of sp³-hybridized carbons (Fsp3) is 0.400. The number of amides is 2. The molecule has 0 saturated carbocycles. The number of fused-ring (bicyclic) bond motifs is 1. The molecule has 2 saturated heterocycles. The summed E-state index contributed by atoms with van der Waals surface area (Å²) >= 11 is 0. The van der Waals surface area contributed by atoms with Gasteiger partial charge in [-0.15, -0.1) is 0 Å². The number of carbonyl (C=O) groups is 2. The third-order valence-electron chi connectivity index (χ3n) is 6.44. The van der Waals surface area contributed by atoms with Crippen molar-refractivity contribution in [1.29, 1.82) is 0 Å². The number of aryl methyl sites for hydroxylation is 1. The SMILES string of the molecule is Cc1nc([C@@H]2CCCCN2C(=O)c2ccc3ncccc3c2)ncc1C(=O)N1CCOCC1. The van der Waals surface area contributed by atoms with E-state index in [1.165, 1.54) is 0 Å². The number of benzene rings is 1. The van der Waals surface area contributed by atoms with Crippen LogP contribution in [0.5, 0.6) is 0 Å². The van der Waals surface area contributed by atoms with Gasteiger partial charge in [-0.2, -0.15) is 0 Å². The van der Waals surface area contributed by atoms with Crippen molar-refractivity contribution in [3.63, 3.8) is 0 Å². The molecular weight excluding hydrogens is 418 g/mol. The Morgan fingerprint density at radius 3 is 2.70 bits per heavy atom. The van der Waals surface area contributed by atoms with Crippen molar-refractivity contribution in [3.8, 4) is 0 Å². The average Bonchev–Trinajstić information content (AvgIpc) is 2.88. The Balaban J connectivity index is 1.40. The van der Waals surface area contributed by atoms with Gasteiger partial charge >= 0.3 is 0 Å². The van der Waals surface area contributed by atoms with E-state index in [-0.39, 0.29) is 17.9 Å². The van der Waals surface area contributed by atoms with E-state index in [1.54, 1.807) is 17.3 Å². The van der Waals surface area contributed by atoms with E-state index in [1.807, 2.05) is 42.2 Å². The first-order valence-electron chi connectivity index (χ1n) is 11.5. The molecule has 8 heteroatoms. The van der Waals surface area contributed by atoms with Gasteiger partial charge in [0.1, 0.15) is 0 Å². The number of carbonyl (C=O) groups excluding carboxylic acids is 2. The zero-order chi connectivity index (χ0) is 22.8. The lowest BCUT2D eigenvalue weighted by molar-refractivity contribution is 0.0301. The Labute approximate surface area is 192 Å². The van der Waals surface area contributed by atoms with Crippen LogP contribution in [0.4, 0.5) is 0 Å². The number of morpholine rings is 1. The number of rotatable bonds is 3. The summed E-state index contributed by atoms with van der Waals surface area (Å²) in [7, 11) is 0. The average molecular weight is 446 g/mol. The molecule has 2 fully saturated rings. The first kappa shape index (κ1) is 21.5. The Hall–Kier alpha value is -3.39. The molecule has 8 nitrogen and oxygen atoms in total.